The van der Waals surface area contributed by atoms with E-state index in [0.29, 0.717) is 12.3 Å². The summed E-state index contributed by atoms with van der Waals surface area (Å²) in [4.78, 5) is 26.1. The van der Waals surface area contributed by atoms with E-state index >= 15 is 0 Å². The topological polar surface area (TPSA) is 46.1 Å². The number of aromatic nitrogens is 2. The van der Waals surface area contributed by atoms with Gasteiger partial charge in [0.15, 0.2) is 0 Å². The van der Waals surface area contributed by atoms with Crippen molar-refractivity contribution in [1.82, 2.24) is 9.97 Å². The van der Waals surface area contributed by atoms with Crippen molar-refractivity contribution in [2.75, 3.05) is 10.7 Å². The number of aryl methyl sites for hydroxylation is 2. The Morgan fingerprint density at radius 3 is 2.41 bits per heavy atom. The highest BCUT2D eigenvalue weighted by Crippen LogP contribution is 2.34. The van der Waals surface area contributed by atoms with E-state index in [1.807, 2.05) is 65.6 Å². The van der Waals surface area contributed by atoms with Crippen LogP contribution in [0.25, 0.3) is 10.2 Å². The predicted molar refractivity (Wildman–Crippen MR) is 122 cm³/mol. The number of carbonyl (C=O) groups excluding carboxylic acids is 1. The maximum Gasteiger partial charge on any atom is 0.237 e. The summed E-state index contributed by atoms with van der Waals surface area (Å²) in [6, 6.07) is 19.9. The van der Waals surface area contributed by atoms with E-state index in [1.165, 1.54) is 22.2 Å². The minimum atomic E-state index is 0.0569. The number of para-hydroxylation sites is 1. The monoisotopic (exact) mass is 419 g/mol. The maximum absolute atomic E-state index is 13.2. The lowest BCUT2D eigenvalue weighted by Gasteiger charge is -2.23. The van der Waals surface area contributed by atoms with Gasteiger partial charge in [-0.05, 0) is 37.1 Å². The number of benzene rings is 2. The van der Waals surface area contributed by atoms with Crippen LogP contribution in [-0.4, -0.2) is 21.6 Å². The normalized spacial score (nSPS) is 11.0. The van der Waals surface area contributed by atoms with Gasteiger partial charge >= 0.3 is 0 Å². The molecule has 2 aromatic heterocycles. The third-order valence-corrected chi connectivity index (χ3v) is 6.90. The number of hydrogen-bond acceptors (Lipinski definition) is 5. The Morgan fingerprint density at radius 1 is 1.00 bits per heavy atom. The molecule has 0 saturated carbocycles. The smallest absolute Gasteiger partial charge is 0.237 e. The Hall–Kier alpha value is -2.70. The second-order valence-corrected chi connectivity index (χ2v) is 8.90. The first-order valence-electron chi connectivity index (χ1n) is 9.36. The molecule has 1 amide bonds. The number of carbonyl (C=O) groups is 1. The number of thioether (sulfide) groups is 1. The van der Waals surface area contributed by atoms with Crippen molar-refractivity contribution in [3.05, 3.63) is 83.0 Å². The molecular weight excluding hydrogens is 398 g/mol. The molecule has 0 spiro atoms. The van der Waals surface area contributed by atoms with Gasteiger partial charge in [0, 0.05) is 16.0 Å². The first kappa shape index (κ1) is 19.6. The molecule has 0 bridgehead atoms. The summed E-state index contributed by atoms with van der Waals surface area (Å²) in [5.41, 5.74) is 3.20. The summed E-state index contributed by atoms with van der Waals surface area (Å²) in [7, 11) is 0. The molecule has 0 radical (unpaired) electrons. The molecule has 0 N–H and O–H groups in total. The molecular formula is C23H21N3OS2. The van der Waals surface area contributed by atoms with Gasteiger partial charge in [0.2, 0.25) is 5.91 Å². The van der Waals surface area contributed by atoms with Crippen molar-refractivity contribution < 1.29 is 4.79 Å². The van der Waals surface area contributed by atoms with E-state index in [2.05, 4.69) is 23.8 Å². The van der Waals surface area contributed by atoms with Crippen LogP contribution >= 0.6 is 23.1 Å². The zero-order chi connectivity index (χ0) is 20.2. The molecule has 146 valence electrons. The van der Waals surface area contributed by atoms with Crippen molar-refractivity contribution in [2.45, 2.75) is 25.4 Å². The van der Waals surface area contributed by atoms with E-state index in [4.69, 9.17) is 0 Å². The number of fused-ring (bicyclic) bond motifs is 1. The molecule has 0 aliphatic carbocycles. The van der Waals surface area contributed by atoms with Gasteiger partial charge in [-0.25, -0.2) is 9.97 Å². The Balaban J connectivity index is 1.57. The lowest BCUT2D eigenvalue weighted by Crippen LogP contribution is -2.31. The largest absolute Gasteiger partial charge is 0.307 e. The minimum Gasteiger partial charge on any atom is -0.307 e. The molecule has 2 heterocycles. The molecule has 2 aromatic carbocycles. The fourth-order valence-corrected chi connectivity index (χ4v) is 5.16. The quantitative estimate of drug-likeness (QED) is 0.300. The van der Waals surface area contributed by atoms with Crippen LogP contribution in [0.15, 0.2) is 72.0 Å². The van der Waals surface area contributed by atoms with Crippen LogP contribution in [0.4, 0.5) is 5.69 Å². The van der Waals surface area contributed by atoms with Gasteiger partial charge in [-0.15, -0.1) is 11.3 Å². The lowest BCUT2D eigenvalue weighted by molar-refractivity contribution is -0.116. The van der Waals surface area contributed by atoms with Crippen LogP contribution in [0.2, 0.25) is 0 Å². The standard InChI is InChI=1S/C23H21N3OS2/c1-16-17(2)29-23-21(16)22(24-15-25-23)28-14-20(27)26(19-11-7-4-8-12-19)13-18-9-5-3-6-10-18/h3-12,15H,13-14H2,1-2H3. The van der Waals surface area contributed by atoms with Gasteiger partial charge in [0.25, 0.3) is 0 Å². The summed E-state index contributed by atoms with van der Waals surface area (Å²) in [5.74, 6) is 0.378. The third kappa shape index (κ3) is 4.33. The molecule has 0 atom stereocenters. The molecule has 0 fully saturated rings. The van der Waals surface area contributed by atoms with Crippen molar-refractivity contribution in [1.29, 1.82) is 0 Å². The van der Waals surface area contributed by atoms with Crippen LogP contribution in [0.5, 0.6) is 0 Å². The number of hydrogen-bond donors (Lipinski definition) is 0. The van der Waals surface area contributed by atoms with Gasteiger partial charge in [0.05, 0.1) is 12.3 Å². The van der Waals surface area contributed by atoms with Crippen LogP contribution in [0.1, 0.15) is 16.0 Å². The SMILES string of the molecule is Cc1sc2ncnc(SCC(=O)N(Cc3ccccc3)c3ccccc3)c2c1C. The Labute approximate surface area is 178 Å². The molecule has 0 aliphatic rings. The van der Waals surface area contributed by atoms with Crippen molar-refractivity contribution >= 4 is 44.9 Å². The van der Waals surface area contributed by atoms with Crippen LogP contribution in [0.3, 0.4) is 0 Å². The number of anilines is 1. The minimum absolute atomic E-state index is 0.0569. The number of thiophene rings is 1. The highest BCUT2D eigenvalue weighted by atomic mass is 32.2. The van der Waals surface area contributed by atoms with Crippen LogP contribution in [-0.2, 0) is 11.3 Å². The highest BCUT2D eigenvalue weighted by Gasteiger charge is 2.19. The molecule has 4 rings (SSSR count). The molecule has 4 nitrogen and oxygen atoms in total. The highest BCUT2D eigenvalue weighted by molar-refractivity contribution is 8.00. The van der Waals surface area contributed by atoms with E-state index in [0.717, 1.165) is 26.5 Å². The van der Waals surface area contributed by atoms with Crippen molar-refractivity contribution in [2.24, 2.45) is 0 Å². The molecule has 0 saturated heterocycles. The maximum atomic E-state index is 13.2. The second kappa shape index (κ2) is 8.76. The Bertz CT molecular complexity index is 1130. The van der Waals surface area contributed by atoms with E-state index in [1.54, 1.807) is 17.7 Å². The molecule has 0 unspecified atom stereocenters. The summed E-state index contributed by atoms with van der Waals surface area (Å²) in [6.45, 7) is 4.73. The molecule has 0 aliphatic heterocycles. The number of amides is 1. The zero-order valence-corrected chi connectivity index (χ0v) is 18.0. The first-order valence-corrected chi connectivity index (χ1v) is 11.2. The van der Waals surface area contributed by atoms with E-state index < -0.39 is 0 Å². The van der Waals surface area contributed by atoms with Crippen molar-refractivity contribution in [3.8, 4) is 0 Å². The average molecular weight is 420 g/mol. The first-order chi connectivity index (χ1) is 14.1. The van der Waals surface area contributed by atoms with Crippen molar-refractivity contribution in [3.63, 3.8) is 0 Å². The summed E-state index contributed by atoms with van der Waals surface area (Å²) < 4.78 is 0. The third-order valence-electron chi connectivity index (χ3n) is 4.82. The zero-order valence-electron chi connectivity index (χ0n) is 16.3. The van der Waals surface area contributed by atoms with Gasteiger partial charge in [-0.3, -0.25) is 4.79 Å². The Morgan fingerprint density at radius 2 is 1.69 bits per heavy atom. The van der Waals surface area contributed by atoms with Gasteiger partial charge < -0.3 is 4.90 Å². The number of rotatable bonds is 6. The van der Waals surface area contributed by atoms with E-state index in [-0.39, 0.29) is 5.91 Å². The fourth-order valence-electron chi connectivity index (χ4n) is 3.16. The van der Waals surface area contributed by atoms with Crippen LogP contribution in [0, 0.1) is 13.8 Å². The van der Waals surface area contributed by atoms with E-state index in [9.17, 15) is 4.79 Å². The summed E-state index contributed by atoms with van der Waals surface area (Å²) in [6.07, 6.45) is 1.59. The van der Waals surface area contributed by atoms with Gasteiger partial charge in [-0.2, -0.15) is 0 Å². The van der Waals surface area contributed by atoms with Gasteiger partial charge in [0.1, 0.15) is 16.2 Å². The molecule has 6 heteroatoms. The molecule has 4 aromatic rings. The lowest BCUT2D eigenvalue weighted by atomic mass is 10.2. The Kier molecular flexibility index (Phi) is 5.92. The fraction of sp³-hybridized carbons (Fsp3) is 0.174. The summed E-state index contributed by atoms with van der Waals surface area (Å²) >= 11 is 3.16. The molecule has 29 heavy (non-hydrogen) atoms. The number of nitrogens with zero attached hydrogens (tertiary/aromatic N) is 3. The predicted octanol–water partition coefficient (Wildman–Crippen LogP) is 5.63. The second-order valence-electron chi connectivity index (χ2n) is 6.73. The van der Waals surface area contributed by atoms with Crippen LogP contribution < -0.4 is 4.90 Å². The van der Waals surface area contributed by atoms with Gasteiger partial charge in [-0.1, -0.05) is 60.3 Å². The average Bonchev–Trinajstić information content (AvgIpc) is 3.06. The summed E-state index contributed by atoms with van der Waals surface area (Å²) in [5, 5.41) is 1.94.